The first kappa shape index (κ1) is 21.4. The topological polar surface area (TPSA) is 74.8 Å². The van der Waals surface area contributed by atoms with Crippen LogP contribution in [0.4, 0.5) is 8.78 Å². The zero-order valence-electron chi connectivity index (χ0n) is 19.3. The molecule has 2 bridgehead atoms. The van der Waals surface area contributed by atoms with Crippen molar-refractivity contribution in [3.05, 3.63) is 65.1 Å². The molecular weight excluding hydrogens is 436 g/mol. The van der Waals surface area contributed by atoms with Gasteiger partial charge in [-0.2, -0.15) is 15.3 Å². The number of aromatic nitrogens is 4. The molecular formula is C26H27F2N5O. The number of carbonyl (C=O) groups excluding carboxylic acids is 1. The summed E-state index contributed by atoms with van der Waals surface area (Å²) in [5.41, 5.74) is 2.24. The van der Waals surface area contributed by atoms with Crippen LogP contribution in [0.3, 0.4) is 0 Å². The molecule has 1 aliphatic heterocycles. The molecule has 1 N–H and O–H groups in total. The molecule has 2 aliphatic carbocycles. The predicted octanol–water partition coefficient (Wildman–Crippen LogP) is 4.85. The summed E-state index contributed by atoms with van der Waals surface area (Å²) in [6.45, 7) is 5.92. The Labute approximate surface area is 196 Å². The van der Waals surface area contributed by atoms with E-state index in [1.165, 1.54) is 18.2 Å². The normalized spacial score (nSPS) is 27.1. The highest BCUT2D eigenvalue weighted by atomic mass is 19.1. The zero-order valence-corrected chi connectivity index (χ0v) is 19.3. The van der Waals surface area contributed by atoms with Gasteiger partial charge in [0, 0.05) is 24.7 Å². The van der Waals surface area contributed by atoms with E-state index < -0.39 is 11.6 Å². The second kappa shape index (κ2) is 7.42. The van der Waals surface area contributed by atoms with Gasteiger partial charge in [-0.25, -0.2) is 8.78 Å². The van der Waals surface area contributed by atoms with Crippen LogP contribution in [-0.2, 0) is 5.41 Å². The van der Waals surface area contributed by atoms with Crippen molar-refractivity contribution in [1.82, 2.24) is 25.3 Å². The van der Waals surface area contributed by atoms with Crippen LogP contribution in [0.5, 0.6) is 0 Å². The van der Waals surface area contributed by atoms with Gasteiger partial charge in [0.1, 0.15) is 17.3 Å². The molecule has 3 heterocycles. The molecule has 176 valence electrons. The van der Waals surface area contributed by atoms with E-state index in [9.17, 15) is 13.6 Å². The van der Waals surface area contributed by atoms with Crippen molar-refractivity contribution >= 4 is 5.91 Å². The van der Waals surface area contributed by atoms with E-state index in [4.69, 9.17) is 0 Å². The Morgan fingerprint density at radius 1 is 1.15 bits per heavy atom. The van der Waals surface area contributed by atoms with E-state index in [1.54, 1.807) is 12.3 Å². The number of likely N-dealkylation sites (tertiary alicyclic amines) is 1. The van der Waals surface area contributed by atoms with Crippen LogP contribution in [0.15, 0.2) is 36.5 Å². The van der Waals surface area contributed by atoms with Crippen molar-refractivity contribution in [3.8, 4) is 11.3 Å². The van der Waals surface area contributed by atoms with Crippen LogP contribution in [0.1, 0.15) is 67.2 Å². The fourth-order valence-electron chi connectivity index (χ4n) is 7.25. The monoisotopic (exact) mass is 463 g/mol. The minimum Gasteiger partial charge on any atom is -0.337 e. The molecule has 0 spiro atoms. The summed E-state index contributed by atoms with van der Waals surface area (Å²) in [6.07, 6.45) is 5.57. The molecule has 3 aromatic rings. The summed E-state index contributed by atoms with van der Waals surface area (Å²) < 4.78 is 29.0. The lowest BCUT2D eigenvalue weighted by Crippen LogP contribution is -2.51. The first-order chi connectivity index (χ1) is 16.3. The van der Waals surface area contributed by atoms with Crippen LogP contribution in [-0.4, -0.2) is 44.3 Å². The first-order valence-corrected chi connectivity index (χ1v) is 12.0. The molecule has 3 aliphatic rings. The van der Waals surface area contributed by atoms with Gasteiger partial charge in [-0.05, 0) is 72.8 Å². The number of fused-ring (bicyclic) bond motifs is 5. The number of rotatable bonds is 3. The molecule has 6 rings (SSSR count). The second-order valence-electron chi connectivity index (χ2n) is 10.5. The average Bonchev–Trinajstić information content (AvgIpc) is 3.50. The average molecular weight is 464 g/mol. The van der Waals surface area contributed by atoms with Crippen molar-refractivity contribution in [2.75, 3.05) is 13.1 Å². The molecule has 0 radical (unpaired) electrons. The van der Waals surface area contributed by atoms with Crippen LogP contribution in [0.25, 0.3) is 11.3 Å². The third-order valence-electron chi connectivity index (χ3n) is 8.81. The van der Waals surface area contributed by atoms with Crippen LogP contribution in [0.2, 0.25) is 0 Å². The number of hydrogen-bond donors (Lipinski definition) is 1. The van der Waals surface area contributed by atoms with Crippen molar-refractivity contribution in [2.45, 2.75) is 50.9 Å². The molecule has 3 unspecified atom stereocenters. The van der Waals surface area contributed by atoms with Gasteiger partial charge in [-0.15, -0.1) is 0 Å². The number of halogens is 2. The summed E-state index contributed by atoms with van der Waals surface area (Å²) in [7, 11) is 0. The van der Waals surface area contributed by atoms with E-state index in [2.05, 4.69) is 34.2 Å². The van der Waals surface area contributed by atoms with Gasteiger partial charge in [0.25, 0.3) is 5.91 Å². The SMILES string of the molecule is CC1(C)C2CCC1(C1CCCN(C(=O)c3cc[nH]n3)C1)c1nnc(-c3c(F)cccc3F)cc12. The number of piperidine rings is 1. The standard InChI is InChI=1S/C26H27F2N5O/c1-25(2)17-8-10-26(25,15-5-4-12-33(14-15)24(34)20-9-11-29-30-20)23-16(17)13-21(31-32-23)22-18(27)6-3-7-19(22)28/h3,6-7,9,11,13,15,17H,4-5,8,10,12,14H2,1-2H3,(H,29,30). The van der Waals surface area contributed by atoms with Gasteiger partial charge in [0.15, 0.2) is 0 Å². The summed E-state index contributed by atoms with van der Waals surface area (Å²) in [5, 5.41) is 15.8. The predicted molar refractivity (Wildman–Crippen MR) is 122 cm³/mol. The van der Waals surface area contributed by atoms with Gasteiger partial charge in [0.05, 0.1) is 17.0 Å². The van der Waals surface area contributed by atoms with Gasteiger partial charge in [-0.3, -0.25) is 9.89 Å². The third-order valence-corrected chi connectivity index (χ3v) is 8.81. The molecule has 2 aromatic heterocycles. The van der Waals surface area contributed by atoms with E-state index in [-0.39, 0.29) is 39.8 Å². The summed E-state index contributed by atoms with van der Waals surface area (Å²) in [6, 6.07) is 7.41. The molecule has 2 fully saturated rings. The molecule has 34 heavy (non-hydrogen) atoms. The Morgan fingerprint density at radius 2 is 1.94 bits per heavy atom. The minimum absolute atomic E-state index is 0.0515. The third kappa shape index (κ3) is 2.77. The number of nitrogens with zero attached hydrogens (tertiary/aromatic N) is 4. The van der Waals surface area contributed by atoms with E-state index in [0.29, 0.717) is 18.8 Å². The van der Waals surface area contributed by atoms with Gasteiger partial charge >= 0.3 is 0 Å². The fourth-order valence-corrected chi connectivity index (χ4v) is 7.25. The largest absolute Gasteiger partial charge is 0.337 e. The number of benzene rings is 1. The molecule has 1 aromatic carbocycles. The Hall–Kier alpha value is -3.16. The fraction of sp³-hybridized carbons (Fsp3) is 0.462. The minimum atomic E-state index is -0.633. The number of carbonyl (C=O) groups is 1. The van der Waals surface area contributed by atoms with Crippen molar-refractivity contribution in [2.24, 2.45) is 11.3 Å². The highest BCUT2D eigenvalue weighted by Crippen LogP contribution is 2.70. The lowest BCUT2D eigenvalue weighted by atomic mass is 9.59. The summed E-state index contributed by atoms with van der Waals surface area (Å²) in [4.78, 5) is 15.0. The number of aromatic amines is 1. The Morgan fingerprint density at radius 3 is 2.68 bits per heavy atom. The Bertz CT molecular complexity index is 1250. The smallest absolute Gasteiger partial charge is 0.274 e. The van der Waals surface area contributed by atoms with Crippen molar-refractivity contribution < 1.29 is 13.6 Å². The molecule has 8 heteroatoms. The maximum absolute atomic E-state index is 14.5. The Balaban J connectivity index is 1.40. The molecule has 1 saturated heterocycles. The highest BCUT2D eigenvalue weighted by Gasteiger charge is 2.66. The van der Waals surface area contributed by atoms with Crippen molar-refractivity contribution in [1.29, 1.82) is 0 Å². The van der Waals surface area contributed by atoms with E-state index in [0.717, 1.165) is 36.9 Å². The second-order valence-corrected chi connectivity index (χ2v) is 10.5. The van der Waals surface area contributed by atoms with Gasteiger partial charge in [-0.1, -0.05) is 19.9 Å². The van der Waals surface area contributed by atoms with Gasteiger partial charge in [0.2, 0.25) is 0 Å². The van der Waals surface area contributed by atoms with Gasteiger partial charge < -0.3 is 4.90 Å². The van der Waals surface area contributed by atoms with E-state index >= 15 is 0 Å². The first-order valence-electron chi connectivity index (χ1n) is 12.0. The van der Waals surface area contributed by atoms with Crippen molar-refractivity contribution in [3.63, 3.8) is 0 Å². The highest BCUT2D eigenvalue weighted by molar-refractivity contribution is 5.92. The summed E-state index contributed by atoms with van der Waals surface area (Å²) >= 11 is 0. The zero-order chi connectivity index (χ0) is 23.7. The van der Waals surface area contributed by atoms with Crippen LogP contribution in [0, 0.1) is 23.0 Å². The summed E-state index contributed by atoms with van der Waals surface area (Å²) in [5.74, 6) is -0.846. The number of amides is 1. The molecule has 1 saturated carbocycles. The van der Waals surface area contributed by atoms with Crippen LogP contribution >= 0.6 is 0 Å². The molecule has 1 amide bonds. The quantitative estimate of drug-likeness (QED) is 0.603. The Kier molecular flexibility index (Phi) is 4.66. The maximum atomic E-state index is 14.5. The lowest BCUT2D eigenvalue weighted by molar-refractivity contribution is 0.0419. The molecule has 6 nitrogen and oxygen atoms in total. The van der Waals surface area contributed by atoms with E-state index in [1.807, 2.05) is 11.0 Å². The molecule has 3 atom stereocenters. The number of hydrogen-bond acceptors (Lipinski definition) is 4. The lowest BCUT2D eigenvalue weighted by Gasteiger charge is -2.48. The maximum Gasteiger partial charge on any atom is 0.274 e. The van der Waals surface area contributed by atoms with Crippen LogP contribution < -0.4 is 0 Å². The number of nitrogens with one attached hydrogen (secondary N) is 1. The number of H-pyrrole nitrogens is 1.